The number of amides is 3. The minimum Gasteiger partial charge on any atom is -0.497 e. The third-order valence-corrected chi connectivity index (χ3v) is 4.75. The number of methoxy groups -OCH3 is 1. The molecule has 2 aromatic rings. The highest BCUT2D eigenvalue weighted by Crippen LogP contribution is 2.31. The van der Waals surface area contributed by atoms with Crippen LogP contribution in [0.5, 0.6) is 5.75 Å². The summed E-state index contributed by atoms with van der Waals surface area (Å²) in [7, 11) is 1.30. The SMILES string of the molecule is CCc1ccc(NC(=O)NC2C(=O)NCC2c2c(F)cc(OC)cc2F)cc1. The normalized spacial score (nSPS) is 18.5. The van der Waals surface area contributed by atoms with Crippen molar-refractivity contribution in [2.45, 2.75) is 25.3 Å². The van der Waals surface area contributed by atoms with Gasteiger partial charge in [-0.15, -0.1) is 0 Å². The van der Waals surface area contributed by atoms with Crippen molar-refractivity contribution in [3.63, 3.8) is 0 Å². The van der Waals surface area contributed by atoms with Gasteiger partial charge in [0.2, 0.25) is 5.91 Å². The van der Waals surface area contributed by atoms with E-state index in [1.807, 2.05) is 19.1 Å². The highest BCUT2D eigenvalue weighted by Gasteiger charge is 2.40. The Morgan fingerprint density at radius 1 is 1.21 bits per heavy atom. The molecule has 0 aromatic heterocycles. The lowest BCUT2D eigenvalue weighted by Gasteiger charge is -2.20. The van der Waals surface area contributed by atoms with E-state index >= 15 is 0 Å². The van der Waals surface area contributed by atoms with E-state index in [4.69, 9.17) is 4.74 Å². The number of halogens is 2. The summed E-state index contributed by atoms with van der Waals surface area (Å²) in [5.74, 6) is -3.02. The lowest BCUT2D eigenvalue weighted by atomic mass is 9.93. The Hall–Kier alpha value is -3.16. The van der Waals surface area contributed by atoms with Crippen molar-refractivity contribution in [2.75, 3.05) is 19.0 Å². The van der Waals surface area contributed by atoms with Gasteiger partial charge in [-0.05, 0) is 24.1 Å². The van der Waals surface area contributed by atoms with Crippen LogP contribution in [0.1, 0.15) is 24.0 Å². The molecule has 1 fully saturated rings. The van der Waals surface area contributed by atoms with Gasteiger partial charge in [0.1, 0.15) is 23.4 Å². The van der Waals surface area contributed by atoms with E-state index in [9.17, 15) is 18.4 Å². The first kappa shape index (κ1) is 19.6. The van der Waals surface area contributed by atoms with Crippen LogP contribution in [0.3, 0.4) is 0 Å². The van der Waals surface area contributed by atoms with E-state index in [1.165, 1.54) is 7.11 Å². The number of rotatable bonds is 5. The van der Waals surface area contributed by atoms with Crippen LogP contribution >= 0.6 is 0 Å². The maximum Gasteiger partial charge on any atom is 0.319 e. The largest absolute Gasteiger partial charge is 0.497 e. The number of anilines is 1. The Morgan fingerprint density at radius 2 is 1.86 bits per heavy atom. The van der Waals surface area contributed by atoms with Gasteiger partial charge >= 0.3 is 6.03 Å². The summed E-state index contributed by atoms with van der Waals surface area (Å²) in [6.07, 6.45) is 0.870. The van der Waals surface area contributed by atoms with Crippen molar-refractivity contribution in [3.05, 3.63) is 59.2 Å². The molecule has 2 atom stereocenters. The van der Waals surface area contributed by atoms with E-state index in [-0.39, 0.29) is 17.9 Å². The van der Waals surface area contributed by atoms with E-state index in [1.54, 1.807) is 12.1 Å². The lowest BCUT2D eigenvalue weighted by molar-refractivity contribution is -0.120. The van der Waals surface area contributed by atoms with Crippen LogP contribution in [0, 0.1) is 11.6 Å². The second kappa shape index (κ2) is 8.24. The van der Waals surface area contributed by atoms with Crippen LogP contribution < -0.4 is 20.7 Å². The Bertz CT molecular complexity index is 864. The van der Waals surface area contributed by atoms with Gasteiger partial charge in [0.05, 0.1) is 7.11 Å². The van der Waals surface area contributed by atoms with Gasteiger partial charge < -0.3 is 20.7 Å². The Labute approximate surface area is 161 Å². The first-order valence-electron chi connectivity index (χ1n) is 8.90. The molecule has 1 aliphatic heterocycles. The van der Waals surface area contributed by atoms with E-state index in [0.29, 0.717) is 5.69 Å². The third kappa shape index (κ3) is 4.05. The van der Waals surface area contributed by atoms with Gasteiger partial charge in [0.25, 0.3) is 0 Å². The second-order valence-electron chi connectivity index (χ2n) is 6.48. The molecule has 28 heavy (non-hydrogen) atoms. The molecule has 0 spiro atoms. The molecule has 0 radical (unpaired) electrons. The van der Waals surface area contributed by atoms with E-state index < -0.39 is 35.5 Å². The quantitative estimate of drug-likeness (QED) is 0.736. The topological polar surface area (TPSA) is 79.5 Å². The number of aryl methyl sites for hydroxylation is 1. The smallest absolute Gasteiger partial charge is 0.319 e. The summed E-state index contributed by atoms with van der Waals surface area (Å²) in [6.45, 7) is 2.03. The molecule has 2 aromatic carbocycles. The molecule has 3 rings (SSSR count). The Balaban J connectivity index is 1.76. The second-order valence-corrected chi connectivity index (χ2v) is 6.48. The molecule has 8 heteroatoms. The van der Waals surface area contributed by atoms with Gasteiger partial charge in [-0.2, -0.15) is 0 Å². The van der Waals surface area contributed by atoms with Crippen LogP contribution in [-0.2, 0) is 11.2 Å². The number of hydrogen-bond donors (Lipinski definition) is 3. The number of benzene rings is 2. The minimum atomic E-state index is -1.10. The zero-order valence-corrected chi connectivity index (χ0v) is 15.5. The average Bonchev–Trinajstić information content (AvgIpc) is 3.02. The van der Waals surface area contributed by atoms with Gasteiger partial charge in [-0.3, -0.25) is 4.79 Å². The summed E-state index contributed by atoms with van der Waals surface area (Å²) in [5, 5.41) is 7.67. The monoisotopic (exact) mass is 389 g/mol. The number of carbonyl (C=O) groups is 2. The summed E-state index contributed by atoms with van der Waals surface area (Å²) in [6, 6.07) is 7.60. The van der Waals surface area contributed by atoms with Crippen molar-refractivity contribution in [3.8, 4) is 5.75 Å². The van der Waals surface area contributed by atoms with Crippen molar-refractivity contribution >= 4 is 17.6 Å². The van der Waals surface area contributed by atoms with Crippen molar-refractivity contribution in [2.24, 2.45) is 0 Å². The van der Waals surface area contributed by atoms with Crippen LogP contribution in [-0.4, -0.2) is 31.6 Å². The van der Waals surface area contributed by atoms with Gasteiger partial charge in [0.15, 0.2) is 0 Å². The standard InChI is InChI=1S/C20H21F2N3O3/c1-3-11-4-6-12(7-5-11)24-20(27)25-18-14(10-23-19(18)26)17-15(21)8-13(28-2)9-16(17)22/h4-9,14,18H,3,10H2,1-2H3,(H,23,26)(H2,24,25,27). The average molecular weight is 389 g/mol. The van der Waals surface area contributed by atoms with Crippen molar-refractivity contribution in [1.82, 2.24) is 10.6 Å². The molecule has 148 valence electrons. The highest BCUT2D eigenvalue weighted by atomic mass is 19.1. The Morgan fingerprint density at radius 3 is 2.43 bits per heavy atom. The molecule has 1 heterocycles. The van der Waals surface area contributed by atoms with Crippen LogP contribution in [0.25, 0.3) is 0 Å². The third-order valence-electron chi connectivity index (χ3n) is 4.75. The maximum atomic E-state index is 14.4. The molecule has 2 unspecified atom stereocenters. The van der Waals surface area contributed by atoms with E-state index in [0.717, 1.165) is 24.1 Å². The van der Waals surface area contributed by atoms with Crippen LogP contribution in [0.15, 0.2) is 36.4 Å². The fourth-order valence-corrected chi connectivity index (χ4v) is 3.22. The Kier molecular flexibility index (Phi) is 5.77. The molecule has 1 saturated heterocycles. The molecular formula is C20H21F2N3O3. The molecule has 0 saturated carbocycles. The fourth-order valence-electron chi connectivity index (χ4n) is 3.22. The van der Waals surface area contributed by atoms with Crippen LogP contribution in [0.4, 0.5) is 19.3 Å². The first-order chi connectivity index (χ1) is 13.4. The summed E-state index contributed by atoms with van der Waals surface area (Å²) < 4.78 is 33.7. The van der Waals surface area contributed by atoms with Gasteiger partial charge in [0, 0.05) is 35.8 Å². The van der Waals surface area contributed by atoms with Crippen molar-refractivity contribution in [1.29, 1.82) is 0 Å². The molecule has 3 amide bonds. The molecule has 6 nitrogen and oxygen atoms in total. The highest BCUT2D eigenvalue weighted by molar-refractivity contribution is 5.95. The minimum absolute atomic E-state index is 0.00907. The predicted octanol–water partition coefficient (Wildman–Crippen LogP) is 2.94. The summed E-state index contributed by atoms with van der Waals surface area (Å²) in [4.78, 5) is 24.5. The molecular weight excluding hydrogens is 368 g/mol. The maximum absolute atomic E-state index is 14.4. The first-order valence-corrected chi connectivity index (χ1v) is 8.90. The zero-order chi connectivity index (χ0) is 20.3. The number of urea groups is 1. The molecule has 3 N–H and O–H groups in total. The van der Waals surface area contributed by atoms with Gasteiger partial charge in [-0.25, -0.2) is 13.6 Å². The van der Waals surface area contributed by atoms with Crippen LogP contribution in [0.2, 0.25) is 0 Å². The van der Waals surface area contributed by atoms with Crippen molar-refractivity contribution < 1.29 is 23.1 Å². The molecule has 0 bridgehead atoms. The fraction of sp³-hybridized carbons (Fsp3) is 0.300. The number of carbonyl (C=O) groups excluding carboxylic acids is 2. The molecule has 0 aliphatic carbocycles. The molecule has 1 aliphatic rings. The van der Waals surface area contributed by atoms with Gasteiger partial charge in [-0.1, -0.05) is 19.1 Å². The number of hydrogen-bond acceptors (Lipinski definition) is 3. The summed E-state index contributed by atoms with van der Waals surface area (Å²) >= 11 is 0. The summed E-state index contributed by atoms with van der Waals surface area (Å²) in [5.41, 5.74) is 1.40. The van der Waals surface area contributed by atoms with E-state index in [2.05, 4.69) is 16.0 Å². The zero-order valence-electron chi connectivity index (χ0n) is 15.5. The predicted molar refractivity (Wildman–Crippen MR) is 100 cm³/mol. The lowest BCUT2D eigenvalue weighted by Crippen LogP contribution is -2.45. The number of ether oxygens (including phenoxy) is 1. The number of nitrogens with one attached hydrogen (secondary N) is 3.